The largest absolute Gasteiger partial charge is 0.295 e. The van der Waals surface area contributed by atoms with Gasteiger partial charge in [-0.05, 0) is 37.3 Å². The third-order valence-corrected chi connectivity index (χ3v) is 2.32. The van der Waals surface area contributed by atoms with Crippen LogP contribution in [0.1, 0.15) is 22.8 Å². The fourth-order valence-electron chi connectivity index (χ4n) is 1.38. The first-order valence-electron chi connectivity index (χ1n) is 5.31. The Kier molecular flexibility index (Phi) is 3.40. The van der Waals surface area contributed by atoms with Crippen LogP contribution in [0.15, 0.2) is 53.8 Å². The smallest absolute Gasteiger partial charge is 0.159 e. The van der Waals surface area contributed by atoms with Crippen LogP contribution in [0.25, 0.3) is 0 Å². The number of Topliss-reactive ketones (excluding diaryl/α,β-unsaturated/α-hetero) is 1. The predicted octanol–water partition coefficient (Wildman–Crippen LogP) is 3.03. The van der Waals surface area contributed by atoms with E-state index in [1.165, 1.54) is 0 Å². The lowest BCUT2D eigenvalue weighted by atomic mass is 10.1. The summed E-state index contributed by atoms with van der Waals surface area (Å²) < 4.78 is 0. The van der Waals surface area contributed by atoms with E-state index in [1.54, 1.807) is 37.7 Å². The summed E-state index contributed by atoms with van der Waals surface area (Å²) >= 11 is 0. The second-order valence-corrected chi connectivity index (χ2v) is 3.65. The van der Waals surface area contributed by atoms with Crippen LogP contribution in [0.3, 0.4) is 0 Å². The number of carbonyl (C=O) groups is 1. The number of aliphatic imine (C=N–C) groups is 1. The minimum atomic E-state index is 0.0628. The number of benzene rings is 1. The van der Waals surface area contributed by atoms with Gasteiger partial charge in [0.1, 0.15) is 0 Å². The molecule has 0 radical (unpaired) electrons. The predicted molar refractivity (Wildman–Crippen MR) is 67.9 cm³/mol. The maximum absolute atomic E-state index is 11.1. The fourth-order valence-corrected chi connectivity index (χ4v) is 1.38. The van der Waals surface area contributed by atoms with Crippen LogP contribution in [0.4, 0.5) is 5.69 Å². The highest BCUT2D eigenvalue weighted by Gasteiger charge is 1.97. The molecule has 3 heteroatoms. The Morgan fingerprint density at radius 2 is 2.00 bits per heavy atom. The Morgan fingerprint density at radius 1 is 1.24 bits per heavy atom. The Balaban J connectivity index is 2.14. The molecule has 0 bridgehead atoms. The van der Waals surface area contributed by atoms with Crippen molar-refractivity contribution in [3.63, 3.8) is 0 Å². The van der Waals surface area contributed by atoms with E-state index in [1.807, 2.05) is 24.3 Å². The Morgan fingerprint density at radius 3 is 2.59 bits per heavy atom. The summed E-state index contributed by atoms with van der Waals surface area (Å²) in [5.41, 5.74) is 2.47. The monoisotopic (exact) mass is 224 g/mol. The molecule has 0 saturated heterocycles. The van der Waals surface area contributed by atoms with E-state index in [9.17, 15) is 4.79 Å². The standard InChI is InChI=1S/C14H12N2O/c1-11(17)13-4-6-14(7-5-13)16-10-12-3-2-8-15-9-12/h2-10H,1H3. The minimum Gasteiger partial charge on any atom is -0.295 e. The molecule has 3 nitrogen and oxygen atoms in total. The van der Waals surface area contributed by atoms with Gasteiger partial charge in [-0.2, -0.15) is 0 Å². The third-order valence-electron chi connectivity index (χ3n) is 2.32. The lowest BCUT2D eigenvalue weighted by Gasteiger charge is -1.96. The first-order valence-corrected chi connectivity index (χ1v) is 5.31. The highest BCUT2D eigenvalue weighted by molar-refractivity contribution is 5.94. The number of aromatic nitrogens is 1. The van der Waals surface area contributed by atoms with E-state index >= 15 is 0 Å². The molecule has 0 N–H and O–H groups in total. The van der Waals surface area contributed by atoms with E-state index in [2.05, 4.69) is 9.98 Å². The van der Waals surface area contributed by atoms with Gasteiger partial charge in [-0.25, -0.2) is 0 Å². The minimum absolute atomic E-state index is 0.0628. The molecule has 17 heavy (non-hydrogen) atoms. The summed E-state index contributed by atoms with van der Waals surface area (Å²) in [6, 6.07) is 11.0. The summed E-state index contributed by atoms with van der Waals surface area (Å²) in [7, 11) is 0. The molecule has 84 valence electrons. The number of carbonyl (C=O) groups excluding carboxylic acids is 1. The van der Waals surface area contributed by atoms with E-state index in [4.69, 9.17) is 0 Å². The normalized spacial score (nSPS) is 10.6. The van der Waals surface area contributed by atoms with Gasteiger partial charge in [-0.15, -0.1) is 0 Å². The average Bonchev–Trinajstić information content (AvgIpc) is 2.38. The number of rotatable bonds is 3. The summed E-state index contributed by atoms with van der Waals surface area (Å²) in [4.78, 5) is 19.4. The van der Waals surface area contributed by atoms with Crippen LogP contribution in [-0.2, 0) is 0 Å². The maximum atomic E-state index is 11.1. The van der Waals surface area contributed by atoms with Crippen LogP contribution in [0.2, 0.25) is 0 Å². The van der Waals surface area contributed by atoms with E-state index in [-0.39, 0.29) is 5.78 Å². The zero-order valence-corrected chi connectivity index (χ0v) is 9.50. The van der Waals surface area contributed by atoms with Crippen molar-refractivity contribution in [2.24, 2.45) is 4.99 Å². The first-order chi connectivity index (χ1) is 8.25. The maximum Gasteiger partial charge on any atom is 0.159 e. The van der Waals surface area contributed by atoms with Gasteiger partial charge >= 0.3 is 0 Å². The number of pyridine rings is 1. The van der Waals surface area contributed by atoms with Crippen molar-refractivity contribution in [1.82, 2.24) is 4.98 Å². The van der Waals surface area contributed by atoms with Gasteiger partial charge in [0.05, 0.1) is 5.69 Å². The number of nitrogens with zero attached hydrogens (tertiary/aromatic N) is 2. The topological polar surface area (TPSA) is 42.3 Å². The molecule has 1 aromatic carbocycles. The van der Waals surface area contributed by atoms with Gasteiger partial charge in [-0.1, -0.05) is 6.07 Å². The van der Waals surface area contributed by atoms with Gasteiger partial charge in [0.15, 0.2) is 5.78 Å². The second-order valence-electron chi connectivity index (χ2n) is 3.65. The zero-order valence-electron chi connectivity index (χ0n) is 9.50. The third kappa shape index (κ3) is 3.08. The van der Waals surface area contributed by atoms with Crippen LogP contribution < -0.4 is 0 Å². The number of ketones is 1. The van der Waals surface area contributed by atoms with Gasteiger partial charge in [-0.3, -0.25) is 14.8 Å². The SMILES string of the molecule is CC(=O)c1ccc(N=Cc2cccnc2)cc1. The number of hydrogen-bond donors (Lipinski definition) is 0. The Hall–Kier alpha value is -2.29. The van der Waals surface area contributed by atoms with Crippen LogP contribution >= 0.6 is 0 Å². The van der Waals surface area contributed by atoms with Crippen molar-refractivity contribution in [1.29, 1.82) is 0 Å². The highest BCUT2D eigenvalue weighted by atomic mass is 16.1. The molecule has 0 aliphatic rings. The molecule has 0 spiro atoms. The lowest BCUT2D eigenvalue weighted by molar-refractivity contribution is 0.101. The lowest BCUT2D eigenvalue weighted by Crippen LogP contribution is -1.89. The molecule has 0 aliphatic heterocycles. The molecule has 0 fully saturated rings. The van der Waals surface area contributed by atoms with Crippen LogP contribution in [-0.4, -0.2) is 17.0 Å². The van der Waals surface area contributed by atoms with Gasteiger partial charge in [0.25, 0.3) is 0 Å². The fraction of sp³-hybridized carbons (Fsp3) is 0.0714. The zero-order chi connectivity index (χ0) is 12.1. The second kappa shape index (κ2) is 5.16. The molecule has 0 unspecified atom stereocenters. The van der Waals surface area contributed by atoms with Crippen molar-refractivity contribution in [2.45, 2.75) is 6.92 Å². The van der Waals surface area contributed by atoms with Crippen molar-refractivity contribution in [2.75, 3.05) is 0 Å². The van der Waals surface area contributed by atoms with Gasteiger partial charge in [0, 0.05) is 29.7 Å². The molecule has 1 aromatic heterocycles. The first kappa shape index (κ1) is 11.2. The summed E-state index contributed by atoms with van der Waals surface area (Å²) in [5.74, 6) is 0.0628. The van der Waals surface area contributed by atoms with E-state index in [0.29, 0.717) is 5.56 Å². The average molecular weight is 224 g/mol. The molecule has 0 aliphatic carbocycles. The van der Waals surface area contributed by atoms with Crippen LogP contribution in [0, 0.1) is 0 Å². The van der Waals surface area contributed by atoms with Crippen molar-refractivity contribution in [3.8, 4) is 0 Å². The molecule has 0 atom stereocenters. The van der Waals surface area contributed by atoms with Crippen molar-refractivity contribution < 1.29 is 4.79 Å². The summed E-state index contributed by atoms with van der Waals surface area (Å²) in [6.45, 7) is 1.55. The quantitative estimate of drug-likeness (QED) is 0.594. The summed E-state index contributed by atoms with van der Waals surface area (Å²) in [5, 5.41) is 0. The van der Waals surface area contributed by atoms with E-state index < -0.39 is 0 Å². The Bertz CT molecular complexity index is 530. The highest BCUT2D eigenvalue weighted by Crippen LogP contribution is 2.13. The molecular weight excluding hydrogens is 212 g/mol. The molecule has 2 rings (SSSR count). The van der Waals surface area contributed by atoms with Crippen molar-refractivity contribution >= 4 is 17.7 Å². The molecule has 0 amide bonds. The number of hydrogen-bond acceptors (Lipinski definition) is 3. The van der Waals surface area contributed by atoms with Crippen LogP contribution in [0.5, 0.6) is 0 Å². The summed E-state index contributed by atoms with van der Waals surface area (Å²) in [6.07, 6.45) is 5.21. The van der Waals surface area contributed by atoms with E-state index in [0.717, 1.165) is 11.3 Å². The molecule has 1 heterocycles. The Labute approximate surface area is 99.9 Å². The molecular formula is C14H12N2O. The van der Waals surface area contributed by atoms with Gasteiger partial charge in [0.2, 0.25) is 0 Å². The van der Waals surface area contributed by atoms with Gasteiger partial charge < -0.3 is 0 Å². The molecule has 0 saturated carbocycles. The van der Waals surface area contributed by atoms with Crippen molar-refractivity contribution in [3.05, 3.63) is 59.9 Å². The molecule has 2 aromatic rings.